The summed E-state index contributed by atoms with van der Waals surface area (Å²) >= 11 is 0. The number of benzene rings is 6. The third-order valence-corrected chi connectivity index (χ3v) is 19.3. The van der Waals surface area contributed by atoms with Crippen LogP contribution in [0.5, 0.6) is 11.5 Å². The molecule has 0 atom stereocenters. The first kappa shape index (κ1) is 82.2. The average molecular weight is 1570 g/mol. The minimum absolute atomic E-state index is 0. The summed E-state index contributed by atoms with van der Waals surface area (Å²) in [6, 6.07) is 23.8. The molecule has 108 heavy (non-hydrogen) atoms. The number of aliphatic imine (C=N–C) groups is 1. The second-order valence-corrected chi connectivity index (χ2v) is 29.2. The third kappa shape index (κ3) is 22.1. The molecule has 580 valence electrons. The molecule has 6 aromatic carbocycles. The number of nitrogens with zero attached hydrogens (tertiary/aromatic N) is 19. The number of aliphatic hydroxyl groups is 1. The van der Waals surface area contributed by atoms with Gasteiger partial charge >= 0.3 is 0 Å². The standard InChI is InChI=1S/C63H79N25O9S2.CH4O3S.CH2O2.ClH/c64-13-17-81-21-29-85(30-22-81)60-71-58(72-61(75-60)86-31-23-82(18-14-65)24-32-86)69-47-9-11-49-42(37-47)39-51(98(92,93)94)53(55(49)89)79-77-45-3-1-41(2-4-45)57(91)68-44-5-7-46(8-6-44)78-80-54-52(99(95,96)97)40-43-38-48(10-12-50(43)56(54)90)70-59-73-62(87-33-25-83(19-15-66)26-34-87)76-63(74-59)88-35-27-84(20-16-67)28-36-88;1-5(2,3)4;2-1-3;/h1-12,37-40,89-90H,13-36,64-67H2,(H,68,91)(H,92,93,94)(H,95,96,97)(H,69,71,72,75)(H,70,73,74,76);1H3,(H,2,3,4);1H,(H,2,3);1H. The Morgan fingerprint density at radius 3 is 1.03 bits per heavy atom. The number of anilines is 8. The van der Waals surface area contributed by atoms with Crippen LogP contribution in [0.15, 0.2) is 132 Å². The maximum atomic E-state index is 12.9. The molecule has 0 radical (unpaired) electrons. The van der Waals surface area contributed by atoms with Crippen LogP contribution in [0.2, 0.25) is 0 Å². The fourth-order valence-corrected chi connectivity index (χ4v) is 13.5. The van der Waals surface area contributed by atoms with Crippen molar-refractivity contribution >= 4 is 152 Å². The van der Waals surface area contributed by atoms with E-state index in [1.165, 1.54) is 60.7 Å². The van der Waals surface area contributed by atoms with Crippen LogP contribution in [0.1, 0.15) is 5.56 Å². The number of carboxylic acid groups (broad SMARTS) is 1. The van der Waals surface area contributed by atoms with Gasteiger partial charge in [-0.15, -0.1) is 22.6 Å². The second kappa shape index (κ2) is 37.3. The number of fused-ring (bicyclic) bond motifs is 2. The van der Waals surface area contributed by atoms with Crippen molar-refractivity contribution in [1.29, 1.82) is 0 Å². The number of aromatic hydroxyl groups is 2. The monoisotopic (exact) mass is 1570 g/mol. The maximum Gasteiger partial charge on any atom is 0.296 e. The number of aromatic nitrogens is 6. The molecule has 39 nitrogen and oxygen atoms in total. The van der Waals surface area contributed by atoms with Gasteiger partial charge < -0.3 is 73.6 Å². The minimum Gasteiger partial charge on any atom is -0.505 e. The molecule has 0 amide bonds. The van der Waals surface area contributed by atoms with E-state index in [9.17, 15) is 49.7 Å². The maximum absolute atomic E-state index is 12.9. The summed E-state index contributed by atoms with van der Waals surface area (Å²) in [5.41, 5.74) is 24.1. The van der Waals surface area contributed by atoms with Crippen LogP contribution < -0.4 is 53.2 Å². The summed E-state index contributed by atoms with van der Waals surface area (Å²) in [7, 11) is -13.6. The lowest BCUT2D eigenvalue weighted by atomic mass is 10.1. The number of nitrogens with one attached hydrogen (secondary N) is 2. The van der Waals surface area contributed by atoms with Crippen molar-refractivity contribution in [1.82, 2.24) is 49.5 Å². The highest BCUT2D eigenvalue weighted by Gasteiger charge is 2.29. The second-order valence-electron chi connectivity index (χ2n) is 24.9. The molecule has 12 rings (SSSR count). The van der Waals surface area contributed by atoms with Crippen LogP contribution in [0.4, 0.5) is 75.5 Å². The van der Waals surface area contributed by atoms with Gasteiger partial charge in [0.25, 0.3) is 36.8 Å². The van der Waals surface area contributed by atoms with Gasteiger partial charge in [0.15, 0.2) is 11.5 Å². The number of azo groups is 2. The molecule has 4 saturated heterocycles. The van der Waals surface area contributed by atoms with Gasteiger partial charge in [-0.1, -0.05) is 0 Å². The van der Waals surface area contributed by atoms with Crippen LogP contribution in [0.25, 0.3) is 21.5 Å². The highest BCUT2D eigenvalue weighted by atomic mass is 35.5. The summed E-state index contributed by atoms with van der Waals surface area (Å²) in [6.07, 6.45) is 0.715. The van der Waals surface area contributed by atoms with Crippen molar-refractivity contribution < 1.29 is 64.1 Å². The van der Waals surface area contributed by atoms with Crippen LogP contribution in [0, 0.1) is 0 Å². The Kier molecular flexibility index (Phi) is 28.4. The van der Waals surface area contributed by atoms with Gasteiger partial charge in [-0.25, -0.2) is 4.99 Å². The molecule has 0 unspecified atom stereocenters. The van der Waals surface area contributed by atoms with Crippen LogP contribution in [-0.4, -0.2) is 285 Å². The molecule has 43 heteroatoms. The van der Waals surface area contributed by atoms with E-state index in [4.69, 9.17) is 67.3 Å². The SMILES string of the molecule is CS(=O)(=O)O.Cl.NCCN1CCN(c2nc(Nc3ccc4c(O)c(N=Nc5ccc(N=C(O)c6ccc(N=Nc7c(S(=O)(=O)O)cc8cc(Nc9nc(N%10CCN(CCN)CC%10)nc(N%10CCN(CCN)CC%10)n9)ccc8c7O)cc6)cc5)c(S(=O)(=O)O)cc4c3)nc(N3CCN(CCN)CC3)n2)CC1.O=CO. The number of rotatable bonds is 24. The van der Waals surface area contributed by atoms with Gasteiger partial charge in [0.05, 0.1) is 23.3 Å². The lowest BCUT2D eigenvalue weighted by molar-refractivity contribution is -0.122. The number of aliphatic hydroxyl groups excluding tert-OH is 1. The van der Waals surface area contributed by atoms with Crippen LogP contribution in [0.3, 0.4) is 0 Å². The molecule has 4 aliphatic rings. The molecular weight excluding hydrogens is 1490 g/mol. The number of carbonyl (C=O) groups is 1. The van der Waals surface area contributed by atoms with E-state index in [-0.39, 0.29) is 74.9 Å². The van der Waals surface area contributed by atoms with Gasteiger partial charge in [-0.3, -0.25) is 38.1 Å². The zero-order chi connectivity index (χ0) is 76.6. The predicted octanol–water partition coefficient (Wildman–Crippen LogP) is 4.17. The van der Waals surface area contributed by atoms with Crippen molar-refractivity contribution in [3.63, 3.8) is 0 Å². The van der Waals surface area contributed by atoms with E-state index < -0.39 is 68.9 Å². The zero-order valence-corrected chi connectivity index (χ0v) is 62.0. The van der Waals surface area contributed by atoms with Gasteiger partial charge in [-0.05, 0) is 108 Å². The quantitative estimate of drug-likeness (QED) is 0.0133. The number of nitrogens with two attached hydrogens (primary N) is 4. The molecular formula is C65H86ClN25O14S3. The van der Waals surface area contributed by atoms with Gasteiger partial charge in [0, 0.05) is 185 Å². The van der Waals surface area contributed by atoms with E-state index in [2.05, 4.69) is 75.3 Å². The zero-order valence-electron chi connectivity index (χ0n) is 58.7. The third-order valence-electron chi connectivity index (χ3n) is 17.5. The molecule has 6 heterocycles. The minimum atomic E-state index is -4.99. The fourth-order valence-electron chi connectivity index (χ4n) is 12.2. The van der Waals surface area contributed by atoms with Crippen LogP contribution >= 0.6 is 12.4 Å². The van der Waals surface area contributed by atoms with E-state index in [1.807, 2.05) is 0 Å². The average Bonchev–Trinajstić information content (AvgIpc) is 0.801. The first-order chi connectivity index (χ1) is 51.2. The predicted molar refractivity (Wildman–Crippen MR) is 411 cm³/mol. The molecule has 0 spiro atoms. The van der Waals surface area contributed by atoms with Crippen molar-refractivity contribution in [2.24, 2.45) is 48.4 Å². The molecule has 0 bridgehead atoms. The summed E-state index contributed by atoms with van der Waals surface area (Å²) in [6.45, 7) is 16.9. The van der Waals surface area contributed by atoms with E-state index in [1.54, 1.807) is 36.4 Å². The molecule has 4 aliphatic heterocycles. The van der Waals surface area contributed by atoms with Crippen molar-refractivity contribution in [3.8, 4) is 11.5 Å². The van der Waals surface area contributed by atoms with Gasteiger partial charge in [0.2, 0.25) is 41.6 Å². The molecule has 0 aliphatic carbocycles. The normalized spacial score (nSPS) is 16.1. The Morgan fingerprint density at radius 2 is 0.741 bits per heavy atom. The topological polar surface area (TPSA) is 554 Å². The number of phenolic OH excluding ortho intramolecular Hbond substituents is 2. The van der Waals surface area contributed by atoms with Crippen molar-refractivity contribution in [3.05, 3.63) is 103 Å². The summed E-state index contributed by atoms with van der Waals surface area (Å²) in [4.78, 5) is 57.8. The number of phenols is 2. The number of piperazine rings is 4. The van der Waals surface area contributed by atoms with Crippen molar-refractivity contribution in [2.45, 2.75) is 9.79 Å². The highest BCUT2D eigenvalue weighted by molar-refractivity contribution is 7.86. The molecule has 0 saturated carbocycles. The number of hydrogen-bond acceptors (Lipinski definition) is 34. The first-order valence-electron chi connectivity index (χ1n) is 33.8. The van der Waals surface area contributed by atoms with Gasteiger partial charge in [0.1, 0.15) is 21.2 Å². The van der Waals surface area contributed by atoms with Crippen LogP contribution in [-0.2, 0) is 35.1 Å². The summed E-state index contributed by atoms with van der Waals surface area (Å²) in [5, 5.41) is 64.9. The Bertz CT molecular complexity index is 4780. The molecule has 2 aromatic heterocycles. The number of hydrogen-bond donors (Lipinski definition) is 13. The molecule has 8 aromatic rings. The Balaban J connectivity index is 0.00000142. The Morgan fingerprint density at radius 1 is 0.454 bits per heavy atom. The lowest BCUT2D eigenvalue weighted by Gasteiger charge is -2.36. The van der Waals surface area contributed by atoms with Gasteiger partial charge in [-0.2, -0.15) is 65.4 Å². The highest BCUT2D eigenvalue weighted by Crippen LogP contribution is 2.44. The summed E-state index contributed by atoms with van der Waals surface area (Å²) in [5.74, 6) is 0.960. The van der Waals surface area contributed by atoms with E-state index in [0.717, 1.165) is 78.5 Å². The Hall–Kier alpha value is -9.90. The largest absolute Gasteiger partial charge is 0.505 e. The first-order valence-corrected chi connectivity index (χ1v) is 38.6. The Labute approximate surface area is 628 Å². The fraction of sp³-hybridized carbons (Fsp3) is 0.385. The number of halogens is 1. The summed E-state index contributed by atoms with van der Waals surface area (Å²) < 4.78 is 98.5. The molecule has 4 fully saturated rings. The smallest absolute Gasteiger partial charge is 0.296 e. The van der Waals surface area contributed by atoms with E-state index in [0.29, 0.717) is 120 Å². The lowest BCUT2D eigenvalue weighted by Crippen LogP contribution is -2.49. The molecule has 17 N–H and O–H groups in total. The van der Waals surface area contributed by atoms with Crippen molar-refractivity contribution in [2.75, 3.05) is 194 Å². The van der Waals surface area contributed by atoms with E-state index >= 15 is 0 Å².